The highest BCUT2D eigenvalue weighted by Crippen LogP contribution is 2.35. The van der Waals surface area contributed by atoms with Gasteiger partial charge in [0.2, 0.25) is 0 Å². The molecule has 27 heavy (non-hydrogen) atoms. The van der Waals surface area contributed by atoms with Gasteiger partial charge in [-0.25, -0.2) is 0 Å². The van der Waals surface area contributed by atoms with Crippen molar-refractivity contribution in [3.8, 4) is 0 Å². The van der Waals surface area contributed by atoms with Gasteiger partial charge >= 0.3 is 0 Å². The molecular formula is C18H9NO6S2-2. The van der Waals surface area contributed by atoms with E-state index in [0.29, 0.717) is 5.76 Å². The molecular weight excluding hydrogens is 390 g/mol. The van der Waals surface area contributed by atoms with Crippen LogP contribution in [0.2, 0.25) is 0 Å². The number of carbonyl (C=O) groups is 3. The van der Waals surface area contributed by atoms with Gasteiger partial charge in [0.1, 0.15) is 5.76 Å². The topological polar surface area (TPSA) is 114 Å². The second kappa shape index (κ2) is 7.60. The van der Waals surface area contributed by atoms with Crippen molar-refractivity contribution in [2.75, 3.05) is 4.90 Å². The smallest absolute Gasteiger partial charge is 0.270 e. The molecule has 0 unspecified atom stereocenters. The number of hydrogen-bond donors (Lipinski definition) is 0. The number of anilines is 1. The number of rotatable bonds is 5. The zero-order valence-electron chi connectivity index (χ0n) is 13.4. The van der Waals surface area contributed by atoms with E-state index in [-0.39, 0.29) is 14.9 Å². The Morgan fingerprint density at radius 3 is 2.37 bits per heavy atom. The number of furan rings is 1. The van der Waals surface area contributed by atoms with Gasteiger partial charge in [0.05, 0.1) is 28.8 Å². The Morgan fingerprint density at radius 1 is 1.15 bits per heavy atom. The molecule has 3 rings (SSSR count). The highest BCUT2D eigenvalue weighted by Gasteiger charge is 2.33. The third-order valence-electron chi connectivity index (χ3n) is 3.49. The molecule has 1 amide bonds. The van der Waals surface area contributed by atoms with Gasteiger partial charge in [0.25, 0.3) is 5.91 Å². The average Bonchev–Trinajstić information content (AvgIpc) is 3.23. The van der Waals surface area contributed by atoms with Crippen LogP contribution in [0.1, 0.15) is 26.5 Å². The average molecular weight is 399 g/mol. The Kier molecular flexibility index (Phi) is 5.24. The third-order valence-corrected chi connectivity index (χ3v) is 4.81. The highest BCUT2D eigenvalue weighted by atomic mass is 32.2. The number of thioether (sulfide) groups is 1. The first-order valence-corrected chi connectivity index (χ1v) is 8.65. The summed E-state index contributed by atoms with van der Waals surface area (Å²) in [5.74, 6) is -3.07. The van der Waals surface area contributed by atoms with Gasteiger partial charge in [-0.15, -0.1) is 0 Å². The first-order valence-electron chi connectivity index (χ1n) is 7.43. The lowest BCUT2D eigenvalue weighted by molar-refractivity contribution is -0.255. The molecule has 1 saturated heterocycles. The van der Waals surface area contributed by atoms with Gasteiger partial charge in [-0.2, -0.15) is 0 Å². The SMILES string of the molecule is O=C([O-])c1cc(C(=O)[O-])cc(N2C(=O)/C(=C\C=C\c3ccco3)SC2=S)c1. The van der Waals surface area contributed by atoms with Gasteiger partial charge < -0.3 is 24.2 Å². The molecule has 0 saturated carbocycles. The quantitative estimate of drug-likeness (QED) is 0.540. The lowest BCUT2D eigenvalue weighted by atomic mass is 10.1. The van der Waals surface area contributed by atoms with Gasteiger partial charge in [-0.1, -0.05) is 30.1 Å². The molecule has 0 spiro atoms. The molecule has 1 aliphatic rings. The van der Waals surface area contributed by atoms with E-state index in [2.05, 4.69) is 0 Å². The van der Waals surface area contributed by atoms with Gasteiger partial charge in [-0.3, -0.25) is 9.69 Å². The van der Waals surface area contributed by atoms with E-state index in [1.807, 2.05) is 0 Å². The molecule has 1 aromatic heterocycles. The van der Waals surface area contributed by atoms with Crippen LogP contribution in [0, 0.1) is 0 Å². The second-order valence-electron chi connectivity index (χ2n) is 5.26. The van der Waals surface area contributed by atoms with E-state index in [4.69, 9.17) is 16.6 Å². The summed E-state index contributed by atoms with van der Waals surface area (Å²) >= 11 is 6.19. The number of aromatic carboxylic acids is 2. The van der Waals surface area contributed by atoms with Crippen LogP contribution < -0.4 is 15.1 Å². The molecule has 0 atom stereocenters. The largest absolute Gasteiger partial charge is 0.545 e. The van der Waals surface area contributed by atoms with Gasteiger partial charge in [0.15, 0.2) is 4.32 Å². The number of nitrogens with zero attached hydrogens (tertiary/aromatic N) is 1. The van der Waals surface area contributed by atoms with E-state index in [0.717, 1.165) is 34.9 Å². The predicted molar refractivity (Wildman–Crippen MR) is 98.6 cm³/mol. The number of carbonyl (C=O) groups excluding carboxylic acids is 3. The lowest BCUT2D eigenvalue weighted by Crippen LogP contribution is -2.30. The van der Waals surface area contributed by atoms with Crippen LogP contribution in [0.15, 0.2) is 58.1 Å². The molecule has 0 radical (unpaired) electrons. The summed E-state index contributed by atoms with van der Waals surface area (Å²) in [7, 11) is 0. The summed E-state index contributed by atoms with van der Waals surface area (Å²) in [6, 6.07) is 6.59. The van der Waals surface area contributed by atoms with Crippen LogP contribution in [0.4, 0.5) is 5.69 Å². The van der Waals surface area contributed by atoms with E-state index in [1.165, 1.54) is 12.3 Å². The highest BCUT2D eigenvalue weighted by molar-refractivity contribution is 8.27. The summed E-state index contributed by atoms with van der Waals surface area (Å²) in [6.45, 7) is 0. The van der Waals surface area contributed by atoms with Crippen molar-refractivity contribution in [3.63, 3.8) is 0 Å². The molecule has 1 aromatic carbocycles. The summed E-state index contributed by atoms with van der Waals surface area (Å²) in [6.07, 6.45) is 6.30. The molecule has 1 aliphatic heterocycles. The fourth-order valence-corrected chi connectivity index (χ4v) is 3.55. The van der Waals surface area contributed by atoms with Crippen LogP contribution in [0.5, 0.6) is 0 Å². The Hall–Kier alpha value is -3.17. The number of carboxylic acids is 2. The molecule has 0 N–H and O–H groups in total. The number of thiocarbonyl (C=S) groups is 1. The lowest BCUT2D eigenvalue weighted by Gasteiger charge is -2.18. The van der Waals surface area contributed by atoms with Crippen molar-refractivity contribution in [1.29, 1.82) is 0 Å². The van der Waals surface area contributed by atoms with Crippen molar-refractivity contribution < 1.29 is 29.0 Å². The van der Waals surface area contributed by atoms with E-state index in [9.17, 15) is 24.6 Å². The first-order chi connectivity index (χ1) is 12.9. The van der Waals surface area contributed by atoms with Crippen LogP contribution >= 0.6 is 24.0 Å². The standard InChI is InChI=1S/C18H11NO6S2/c20-15-14(5-1-3-13-4-2-6-25-13)27-18(26)19(15)12-8-10(16(21)22)7-11(9-12)17(23)24/h1-9H,(H,21,22)(H,23,24)/p-2/b3-1+,14-5+. The van der Waals surface area contributed by atoms with Crippen LogP contribution in [0.3, 0.4) is 0 Å². The third kappa shape index (κ3) is 3.99. The Bertz CT molecular complexity index is 975. The minimum absolute atomic E-state index is 0.0109. The van der Waals surface area contributed by atoms with Crippen LogP contribution in [0.25, 0.3) is 6.08 Å². The van der Waals surface area contributed by atoms with E-state index in [1.54, 1.807) is 24.3 Å². The van der Waals surface area contributed by atoms with Crippen molar-refractivity contribution in [3.05, 3.63) is 70.5 Å². The fraction of sp³-hybridized carbons (Fsp3) is 0. The molecule has 136 valence electrons. The number of carboxylic acid groups (broad SMARTS) is 2. The van der Waals surface area contributed by atoms with Crippen molar-refractivity contribution in [1.82, 2.24) is 0 Å². The maximum atomic E-state index is 12.6. The molecule has 2 heterocycles. The Labute approximate surface area is 162 Å². The zero-order valence-corrected chi connectivity index (χ0v) is 15.0. The van der Waals surface area contributed by atoms with Crippen molar-refractivity contribution >= 4 is 57.9 Å². The Morgan fingerprint density at radius 2 is 1.81 bits per heavy atom. The van der Waals surface area contributed by atoms with Crippen molar-refractivity contribution in [2.45, 2.75) is 0 Å². The Balaban J connectivity index is 1.93. The number of benzene rings is 1. The molecule has 1 fully saturated rings. The summed E-state index contributed by atoms with van der Waals surface area (Å²) in [4.78, 5) is 36.2. The molecule has 7 nitrogen and oxygen atoms in total. The number of amides is 1. The second-order valence-corrected chi connectivity index (χ2v) is 6.93. The number of hydrogen-bond acceptors (Lipinski definition) is 8. The molecule has 9 heteroatoms. The minimum Gasteiger partial charge on any atom is -0.545 e. The molecule has 0 aliphatic carbocycles. The maximum Gasteiger partial charge on any atom is 0.270 e. The molecule has 0 bridgehead atoms. The first kappa shape index (κ1) is 18.6. The van der Waals surface area contributed by atoms with Crippen molar-refractivity contribution in [2.24, 2.45) is 0 Å². The summed E-state index contributed by atoms with van der Waals surface area (Å²) in [5.41, 5.74) is -0.790. The molecule has 2 aromatic rings. The van der Waals surface area contributed by atoms with Crippen LogP contribution in [-0.2, 0) is 4.79 Å². The predicted octanol–water partition coefficient (Wildman–Crippen LogP) is 0.969. The zero-order chi connectivity index (χ0) is 19.6. The number of allylic oxidation sites excluding steroid dienone is 2. The van der Waals surface area contributed by atoms with E-state index < -0.39 is 29.0 Å². The van der Waals surface area contributed by atoms with E-state index >= 15 is 0 Å². The monoisotopic (exact) mass is 399 g/mol. The van der Waals surface area contributed by atoms with Crippen LogP contribution in [-0.4, -0.2) is 22.2 Å². The maximum absolute atomic E-state index is 12.6. The fourth-order valence-electron chi connectivity index (χ4n) is 2.30. The van der Waals surface area contributed by atoms with Gasteiger partial charge in [-0.05, 0) is 53.6 Å². The normalized spacial score (nSPS) is 15.9. The summed E-state index contributed by atoms with van der Waals surface area (Å²) in [5, 5.41) is 22.3. The van der Waals surface area contributed by atoms with Gasteiger partial charge in [0, 0.05) is 0 Å². The summed E-state index contributed by atoms with van der Waals surface area (Å²) < 4.78 is 5.28. The minimum atomic E-state index is -1.58.